The summed E-state index contributed by atoms with van der Waals surface area (Å²) in [5.74, 6) is 0.569. The normalized spacial score (nSPS) is 17.2. The first-order valence-electron chi connectivity index (χ1n) is 7.36. The first-order valence-corrected chi connectivity index (χ1v) is 9.35. The molecule has 7 heteroatoms. The van der Waals surface area contributed by atoms with Crippen molar-refractivity contribution in [2.24, 2.45) is 4.99 Å². The van der Waals surface area contributed by atoms with E-state index in [0.29, 0.717) is 15.1 Å². The van der Waals surface area contributed by atoms with Crippen LogP contribution >= 0.6 is 39.3 Å². The first-order chi connectivity index (χ1) is 12.0. The van der Waals surface area contributed by atoms with E-state index < -0.39 is 0 Å². The third-order valence-electron chi connectivity index (χ3n) is 3.59. The second-order valence-corrected chi connectivity index (χ2v) is 7.55. The van der Waals surface area contributed by atoms with E-state index in [1.807, 2.05) is 49.4 Å². The van der Waals surface area contributed by atoms with Gasteiger partial charge in [0.2, 0.25) is 0 Å². The number of nitrogens with zero attached hydrogens (tertiary/aromatic N) is 1. The molecule has 0 saturated carbocycles. The molecule has 4 nitrogen and oxygen atoms in total. The second-order valence-electron chi connectivity index (χ2n) is 5.26. The highest BCUT2D eigenvalue weighted by molar-refractivity contribution is 9.10. The van der Waals surface area contributed by atoms with Crippen molar-refractivity contribution in [3.8, 4) is 5.75 Å². The van der Waals surface area contributed by atoms with Crippen molar-refractivity contribution >= 4 is 62.1 Å². The van der Waals surface area contributed by atoms with Gasteiger partial charge in [-0.1, -0.05) is 23.7 Å². The Hall–Kier alpha value is -1.76. The van der Waals surface area contributed by atoms with Gasteiger partial charge in [-0.05, 0) is 76.1 Å². The predicted octanol–water partition coefficient (Wildman–Crippen LogP) is 5.31. The van der Waals surface area contributed by atoms with Crippen molar-refractivity contribution in [3.05, 3.63) is 61.9 Å². The SMILES string of the molecule is COc1ccc(/C=C2/SC(=Nc3cccc(Cl)c3C)NC2=O)cc1Br. The number of hydrogen-bond donors (Lipinski definition) is 1. The number of methoxy groups -OCH3 is 1. The van der Waals surface area contributed by atoms with Crippen molar-refractivity contribution in [1.82, 2.24) is 5.32 Å². The number of amides is 1. The summed E-state index contributed by atoms with van der Waals surface area (Å²) in [6.07, 6.45) is 1.82. The molecule has 0 atom stereocenters. The van der Waals surface area contributed by atoms with Gasteiger partial charge in [-0.2, -0.15) is 0 Å². The molecule has 3 rings (SSSR count). The molecule has 1 amide bonds. The van der Waals surface area contributed by atoms with E-state index in [4.69, 9.17) is 16.3 Å². The average molecular weight is 438 g/mol. The van der Waals surface area contributed by atoms with E-state index in [1.54, 1.807) is 7.11 Å². The number of amidine groups is 1. The van der Waals surface area contributed by atoms with Crippen LogP contribution in [0.1, 0.15) is 11.1 Å². The van der Waals surface area contributed by atoms with Crippen LogP contribution in [0.25, 0.3) is 6.08 Å². The van der Waals surface area contributed by atoms with Gasteiger partial charge in [0.1, 0.15) is 5.75 Å². The van der Waals surface area contributed by atoms with Crippen molar-refractivity contribution in [3.63, 3.8) is 0 Å². The van der Waals surface area contributed by atoms with Crippen LogP contribution in [-0.2, 0) is 4.79 Å². The van der Waals surface area contributed by atoms with Gasteiger partial charge in [-0.15, -0.1) is 0 Å². The van der Waals surface area contributed by atoms with Gasteiger partial charge in [0.05, 0.1) is 22.2 Å². The zero-order valence-corrected chi connectivity index (χ0v) is 16.6. The molecule has 1 fully saturated rings. The fourth-order valence-electron chi connectivity index (χ4n) is 2.23. The Morgan fingerprint density at radius 2 is 2.12 bits per heavy atom. The fraction of sp³-hybridized carbons (Fsp3) is 0.111. The molecule has 25 heavy (non-hydrogen) atoms. The Balaban J connectivity index is 1.86. The number of carbonyl (C=O) groups is 1. The molecule has 0 spiro atoms. The van der Waals surface area contributed by atoms with Crippen molar-refractivity contribution in [2.45, 2.75) is 6.92 Å². The molecule has 1 N–H and O–H groups in total. The second kappa shape index (κ2) is 7.64. The third kappa shape index (κ3) is 4.08. The molecule has 128 valence electrons. The maximum Gasteiger partial charge on any atom is 0.264 e. The summed E-state index contributed by atoms with van der Waals surface area (Å²) < 4.78 is 6.04. The minimum atomic E-state index is -0.171. The number of rotatable bonds is 3. The number of thioether (sulfide) groups is 1. The van der Waals surface area contributed by atoms with Gasteiger partial charge < -0.3 is 10.1 Å². The number of carbonyl (C=O) groups excluding carboxylic acids is 1. The van der Waals surface area contributed by atoms with Gasteiger partial charge in [0, 0.05) is 5.02 Å². The van der Waals surface area contributed by atoms with Gasteiger partial charge in [0.25, 0.3) is 5.91 Å². The molecule has 0 bridgehead atoms. The predicted molar refractivity (Wildman–Crippen MR) is 108 cm³/mol. The highest BCUT2D eigenvalue weighted by atomic mass is 79.9. The summed E-state index contributed by atoms with van der Waals surface area (Å²) in [4.78, 5) is 17.3. The van der Waals surface area contributed by atoms with Crippen LogP contribution in [0.5, 0.6) is 5.75 Å². The van der Waals surface area contributed by atoms with E-state index in [0.717, 1.165) is 27.0 Å². The van der Waals surface area contributed by atoms with Crippen LogP contribution in [0.4, 0.5) is 5.69 Å². The molecule has 1 aliphatic heterocycles. The minimum absolute atomic E-state index is 0.171. The van der Waals surface area contributed by atoms with Crippen LogP contribution in [0.2, 0.25) is 5.02 Å². The summed E-state index contributed by atoms with van der Waals surface area (Å²) in [5.41, 5.74) is 2.51. The van der Waals surface area contributed by atoms with Gasteiger partial charge >= 0.3 is 0 Å². The smallest absolute Gasteiger partial charge is 0.264 e. The summed E-state index contributed by atoms with van der Waals surface area (Å²) in [6, 6.07) is 11.1. The first kappa shape index (κ1) is 18.0. The monoisotopic (exact) mass is 436 g/mol. The maximum absolute atomic E-state index is 12.2. The largest absolute Gasteiger partial charge is 0.496 e. The number of benzene rings is 2. The van der Waals surface area contributed by atoms with E-state index in [-0.39, 0.29) is 5.91 Å². The number of nitrogens with one attached hydrogen (secondary N) is 1. The lowest BCUT2D eigenvalue weighted by molar-refractivity contribution is -0.115. The van der Waals surface area contributed by atoms with E-state index >= 15 is 0 Å². The van der Waals surface area contributed by atoms with Crippen LogP contribution in [0.3, 0.4) is 0 Å². The number of hydrogen-bond acceptors (Lipinski definition) is 4. The molecule has 0 radical (unpaired) electrons. The molecular weight excluding hydrogens is 424 g/mol. The van der Waals surface area contributed by atoms with E-state index in [9.17, 15) is 4.79 Å². The summed E-state index contributed by atoms with van der Waals surface area (Å²) in [6.45, 7) is 1.90. The Kier molecular flexibility index (Phi) is 5.51. The average Bonchev–Trinajstić information content (AvgIpc) is 2.91. The van der Waals surface area contributed by atoms with Gasteiger partial charge in [0.15, 0.2) is 5.17 Å². The Bertz CT molecular complexity index is 912. The van der Waals surface area contributed by atoms with Gasteiger partial charge in [-0.3, -0.25) is 4.79 Å². The Labute approximate surface area is 163 Å². The van der Waals surface area contributed by atoms with E-state index in [1.165, 1.54) is 11.8 Å². The lowest BCUT2D eigenvalue weighted by Crippen LogP contribution is -2.19. The summed E-state index contributed by atoms with van der Waals surface area (Å²) in [7, 11) is 1.61. The lowest BCUT2D eigenvalue weighted by atomic mass is 10.2. The van der Waals surface area contributed by atoms with Crippen LogP contribution in [-0.4, -0.2) is 18.2 Å². The summed E-state index contributed by atoms with van der Waals surface area (Å²) in [5, 5.41) is 3.97. The Morgan fingerprint density at radius 1 is 1.32 bits per heavy atom. The van der Waals surface area contributed by atoms with Crippen molar-refractivity contribution in [2.75, 3.05) is 7.11 Å². The fourth-order valence-corrected chi connectivity index (χ4v) is 3.79. The summed E-state index contributed by atoms with van der Waals surface area (Å²) >= 11 is 10.9. The highest BCUT2D eigenvalue weighted by Crippen LogP contribution is 2.32. The quantitative estimate of drug-likeness (QED) is 0.662. The van der Waals surface area contributed by atoms with Crippen LogP contribution in [0.15, 0.2) is 50.8 Å². The van der Waals surface area contributed by atoms with Crippen LogP contribution in [0, 0.1) is 6.92 Å². The lowest BCUT2D eigenvalue weighted by Gasteiger charge is -2.03. The minimum Gasteiger partial charge on any atom is -0.496 e. The zero-order chi connectivity index (χ0) is 18.0. The molecule has 1 saturated heterocycles. The highest BCUT2D eigenvalue weighted by Gasteiger charge is 2.24. The number of aliphatic imine (C=N–C) groups is 1. The number of ether oxygens (including phenoxy) is 1. The Morgan fingerprint density at radius 3 is 2.84 bits per heavy atom. The van der Waals surface area contributed by atoms with Crippen LogP contribution < -0.4 is 10.1 Å². The molecule has 0 aromatic heterocycles. The number of halogens is 2. The van der Waals surface area contributed by atoms with E-state index in [2.05, 4.69) is 26.2 Å². The zero-order valence-electron chi connectivity index (χ0n) is 13.5. The molecule has 0 aliphatic carbocycles. The topological polar surface area (TPSA) is 50.7 Å². The third-order valence-corrected chi connectivity index (χ3v) is 5.52. The van der Waals surface area contributed by atoms with Crippen molar-refractivity contribution in [1.29, 1.82) is 0 Å². The standard InChI is InChI=1S/C18H14BrClN2O2S/c1-10-13(20)4-3-5-14(10)21-18-22-17(23)16(25-18)9-11-6-7-15(24-2)12(19)8-11/h3-9H,1-2H3,(H,21,22,23)/b16-9+. The molecule has 2 aromatic rings. The molecule has 1 aliphatic rings. The molecule has 1 heterocycles. The molecule has 2 aromatic carbocycles. The van der Waals surface area contributed by atoms with Crippen molar-refractivity contribution < 1.29 is 9.53 Å². The maximum atomic E-state index is 12.2. The molecule has 0 unspecified atom stereocenters. The van der Waals surface area contributed by atoms with Gasteiger partial charge in [-0.25, -0.2) is 4.99 Å². The molecular formula is C18H14BrClN2O2S.